The van der Waals surface area contributed by atoms with Crippen LogP contribution in [0.15, 0.2) is 84.9 Å². The number of hydrogen-bond acceptors (Lipinski definition) is 4. The van der Waals surface area contributed by atoms with E-state index in [-0.39, 0.29) is 0 Å². The largest absolute Gasteiger partial charge is 0.453 e. The predicted octanol–water partition coefficient (Wildman–Crippen LogP) is 7.76. The van der Waals surface area contributed by atoms with Crippen LogP contribution in [0.5, 0.6) is 23.0 Å². The second-order valence-corrected chi connectivity index (χ2v) is 7.31. The number of rotatable bonds is 2. The summed E-state index contributed by atoms with van der Waals surface area (Å²) in [5.74, 6) is 3.06. The molecule has 0 atom stereocenters. The van der Waals surface area contributed by atoms with E-state index in [9.17, 15) is 0 Å². The molecule has 2 aliphatic heterocycles. The van der Waals surface area contributed by atoms with Gasteiger partial charge in [0, 0.05) is 17.8 Å². The van der Waals surface area contributed by atoms with Gasteiger partial charge in [0.15, 0.2) is 23.0 Å². The maximum atomic E-state index is 6.33. The molecule has 4 aromatic rings. The first-order valence-corrected chi connectivity index (χ1v) is 9.69. The molecular formula is C24H15ClN2O2. The third-order valence-corrected chi connectivity index (χ3v) is 5.40. The molecule has 140 valence electrons. The number of anilines is 5. The summed E-state index contributed by atoms with van der Waals surface area (Å²) in [6.07, 6.45) is 0. The monoisotopic (exact) mass is 398 g/mol. The van der Waals surface area contributed by atoms with Gasteiger partial charge < -0.3 is 14.8 Å². The Morgan fingerprint density at radius 3 is 1.83 bits per heavy atom. The van der Waals surface area contributed by atoms with Gasteiger partial charge in [0.2, 0.25) is 0 Å². The summed E-state index contributed by atoms with van der Waals surface area (Å²) in [5.41, 5.74) is 4.54. The fraction of sp³-hybridized carbons (Fsp3) is 0. The molecule has 0 saturated carbocycles. The maximum Gasteiger partial charge on any atom is 0.157 e. The van der Waals surface area contributed by atoms with Gasteiger partial charge in [-0.25, -0.2) is 0 Å². The zero-order valence-electron chi connectivity index (χ0n) is 15.2. The topological polar surface area (TPSA) is 33.7 Å². The smallest absolute Gasteiger partial charge is 0.157 e. The van der Waals surface area contributed by atoms with E-state index in [2.05, 4.69) is 22.3 Å². The molecule has 1 N–H and O–H groups in total. The fourth-order valence-electron chi connectivity index (χ4n) is 3.81. The average molecular weight is 399 g/mol. The Morgan fingerprint density at radius 1 is 0.655 bits per heavy atom. The number of nitrogens with one attached hydrogen (secondary N) is 1. The lowest BCUT2D eigenvalue weighted by molar-refractivity contribution is 0.446. The van der Waals surface area contributed by atoms with E-state index in [4.69, 9.17) is 21.1 Å². The van der Waals surface area contributed by atoms with Crippen LogP contribution in [0, 0.1) is 0 Å². The van der Waals surface area contributed by atoms with Gasteiger partial charge in [-0.1, -0.05) is 48.0 Å². The number of para-hydroxylation sites is 5. The Morgan fingerprint density at radius 2 is 1.21 bits per heavy atom. The molecule has 0 aromatic heterocycles. The number of hydrogen-bond donors (Lipinski definition) is 1. The summed E-state index contributed by atoms with van der Waals surface area (Å²) in [4.78, 5) is 2.20. The summed E-state index contributed by atoms with van der Waals surface area (Å²) in [7, 11) is 0. The Bertz CT molecular complexity index is 1200. The van der Waals surface area contributed by atoms with Gasteiger partial charge in [0.05, 0.1) is 22.1 Å². The molecule has 0 fully saturated rings. The van der Waals surface area contributed by atoms with E-state index in [1.54, 1.807) is 0 Å². The van der Waals surface area contributed by atoms with Crippen LogP contribution in [0.25, 0.3) is 0 Å². The van der Waals surface area contributed by atoms with Gasteiger partial charge >= 0.3 is 0 Å². The number of nitrogens with zero attached hydrogens (tertiary/aromatic N) is 1. The van der Waals surface area contributed by atoms with Gasteiger partial charge in [-0.05, 0) is 36.4 Å². The zero-order valence-corrected chi connectivity index (χ0v) is 16.0. The minimum absolute atomic E-state index is 0.651. The predicted molar refractivity (Wildman–Crippen MR) is 116 cm³/mol. The van der Waals surface area contributed by atoms with Crippen molar-refractivity contribution < 1.29 is 9.47 Å². The molecule has 0 aliphatic carbocycles. The fourth-order valence-corrected chi connectivity index (χ4v) is 4.00. The summed E-state index contributed by atoms with van der Waals surface area (Å²) in [6.45, 7) is 0. The Kier molecular flexibility index (Phi) is 3.49. The SMILES string of the molecule is Clc1ccccc1Nc1cc2c3c(c1)Oc1ccccc1N3c1ccccc1O2. The van der Waals surface area contributed by atoms with Crippen LogP contribution in [0.4, 0.5) is 28.4 Å². The third-order valence-electron chi connectivity index (χ3n) is 5.07. The first-order chi connectivity index (χ1) is 14.3. The lowest BCUT2D eigenvalue weighted by Gasteiger charge is -2.38. The van der Waals surface area contributed by atoms with E-state index in [0.717, 1.165) is 51.4 Å². The number of fused-ring (bicyclic) bond motifs is 4. The molecule has 0 bridgehead atoms. The molecule has 0 saturated heterocycles. The van der Waals surface area contributed by atoms with E-state index >= 15 is 0 Å². The Balaban J connectivity index is 1.54. The highest BCUT2D eigenvalue weighted by Crippen LogP contribution is 2.60. The first-order valence-electron chi connectivity index (χ1n) is 9.31. The van der Waals surface area contributed by atoms with Crippen LogP contribution < -0.4 is 19.7 Å². The standard InChI is InChI=1S/C24H15ClN2O2/c25-16-7-1-2-8-17(16)26-15-13-22-24-23(14-15)29-21-12-6-4-10-19(21)27(24)18-9-3-5-11-20(18)28-22/h1-14,26H. The van der Waals surface area contributed by atoms with Crippen LogP contribution in [0.3, 0.4) is 0 Å². The minimum atomic E-state index is 0.651. The highest BCUT2D eigenvalue weighted by atomic mass is 35.5. The molecule has 0 unspecified atom stereocenters. The highest BCUT2D eigenvalue weighted by Gasteiger charge is 2.34. The van der Waals surface area contributed by atoms with Crippen LogP contribution in [0.1, 0.15) is 0 Å². The van der Waals surface area contributed by atoms with E-state index in [0.29, 0.717) is 5.02 Å². The van der Waals surface area contributed by atoms with Crippen molar-refractivity contribution in [3.8, 4) is 23.0 Å². The second kappa shape index (κ2) is 6.19. The lowest BCUT2D eigenvalue weighted by Crippen LogP contribution is -2.20. The first kappa shape index (κ1) is 16.3. The van der Waals surface area contributed by atoms with E-state index < -0.39 is 0 Å². The molecular weight excluding hydrogens is 384 g/mol. The van der Waals surface area contributed by atoms with Crippen molar-refractivity contribution in [2.24, 2.45) is 0 Å². The number of ether oxygens (including phenoxy) is 2. The van der Waals surface area contributed by atoms with Crippen molar-refractivity contribution in [3.05, 3.63) is 90.0 Å². The van der Waals surface area contributed by atoms with Crippen LogP contribution in [-0.2, 0) is 0 Å². The van der Waals surface area contributed by atoms with E-state index in [1.165, 1.54) is 0 Å². The third kappa shape index (κ3) is 2.53. The number of benzene rings is 4. The summed E-state index contributed by atoms with van der Waals surface area (Å²) in [6, 6.07) is 27.6. The second-order valence-electron chi connectivity index (χ2n) is 6.90. The van der Waals surface area contributed by atoms with Gasteiger partial charge in [0.25, 0.3) is 0 Å². The molecule has 4 nitrogen and oxygen atoms in total. The Hall–Kier alpha value is -3.63. The van der Waals surface area contributed by atoms with Crippen LogP contribution >= 0.6 is 11.6 Å². The summed E-state index contributed by atoms with van der Waals surface area (Å²) in [5, 5.41) is 4.02. The van der Waals surface area contributed by atoms with Crippen molar-refractivity contribution in [1.82, 2.24) is 0 Å². The van der Waals surface area contributed by atoms with Gasteiger partial charge in [-0.3, -0.25) is 4.90 Å². The summed E-state index contributed by atoms with van der Waals surface area (Å²) < 4.78 is 12.5. The van der Waals surface area contributed by atoms with Crippen molar-refractivity contribution in [1.29, 1.82) is 0 Å². The minimum Gasteiger partial charge on any atom is -0.453 e. The van der Waals surface area contributed by atoms with Gasteiger partial charge in [0.1, 0.15) is 5.69 Å². The Labute approximate surface area is 172 Å². The molecule has 5 heteroatoms. The highest BCUT2D eigenvalue weighted by molar-refractivity contribution is 6.33. The molecule has 2 heterocycles. The molecule has 29 heavy (non-hydrogen) atoms. The van der Waals surface area contributed by atoms with Crippen LogP contribution in [-0.4, -0.2) is 0 Å². The van der Waals surface area contributed by atoms with Gasteiger partial charge in [-0.2, -0.15) is 0 Å². The molecule has 6 rings (SSSR count). The quantitative estimate of drug-likeness (QED) is 0.323. The van der Waals surface area contributed by atoms with Crippen molar-refractivity contribution >= 4 is 40.0 Å². The molecule has 0 amide bonds. The molecule has 0 radical (unpaired) electrons. The van der Waals surface area contributed by atoms with E-state index in [1.807, 2.05) is 72.8 Å². The zero-order chi connectivity index (χ0) is 19.4. The van der Waals surface area contributed by atoms with Crippen molar-refractivity contribution in [2.45, 2.75) is 0 Å². The number of halogens is 1. The average Bonchev–Trinajstić information content (AvgIpc) is 2.75. The van der Waals surface area contributed by atoms with Crippen LogP contribution in [0.2, 0.25) is 5.02 Å². The molecule has 4 aromatic carbocycles. The molecule has 2 aliphatic rings. The van der Waals surface area contributed by atoms with Crippen molar-refractivity contribution in [2.75, 3.05) is 10.2 Å². The summed E-state index contributed by atoms with van der Waals surface area (Å²) >= 11 is 6.33. The molecule has 0 spiro atoms. The van der Waals surface area contributed by atoms with Crippen molar-refractivity contribution in [3.63, 3.8) is 0 Å². The normalized spacial score (nSPS) is 12.8. The maximum absolute atomic E-state index is 6.33. The van der Waals surface area contributed by atoms with Gasteiger partial charge in [-0.15, -0.1) is 0 Å². The lowest BCUT2D eigenvalue weighted by atomic mass is 10.1.